The van der Waals surface area contributed by atoms with E-state index >= 15 is 0 Å². The number of amides is 1. The van der Waals surface area contributed by atoms with E-state index in [0.29, 0.717) is 30.5 Å². The molecule has 0 aliphatic carbocycles. The molecule has 0 radical (unpaired) electrons. The van der Waals surface area contributed by atoms with Gasteiger partial charge in [0.2, 0.25) is 5.91 Å². The van der Waals surface area contributed by atoms with Crippen molar-refractivity contribution in [2.24, 2.45) is 5.92 Å². The molecule has 4 nitrogen and oxygen atoms in total. The largest absolute Gasteiger partial charge is 0.508 e. The van der Waals surface area contributed by atoms with Crippen LogP contribution in [0.1, 0.15) is 42.5 Å². The number of aliphatic hydroxyl groups excluding tert-OH is 1. The number of aromatic hydroxyl groups is 1. The van der Waals surface area contributed by atoms with Crippen molar-refractivity contribution in [1.82, 2.24) is 0 Å². The second-order valence-electron chi connectivity index (χ2n) is 7.89. The minimum absolute atomic E-state index is 0.0778. The molecule has 3 unspecified atom stereocenters. The van der Waals surface area contributed by atoms with Gasteiger partial charge in [-0.05, 0) is 78.4 Å². The standard InChI is InChI=1S/C25H23F2NO3/c26-19-6-1-16(2-7-19)23(30)14-5-18-15-24(31)28(21-10-8-20(27)9-11-21)25(18)17-3-12-22(29)13-4-17/h1-4,6-13,18,23,25,29-30H,5,14-15H2. The van der Waals surface area contributed by atoms with Gasteiger partial charge in [0.15, 0.2) is 0 Å². The molecule has 6 heteroatoms. The number of hydrogen-bond donors (Lipinski definition) is 2. The van der Waals surface area contributed by atoms with E-state index in [1.54, 1.807) is 53.4 Å². The molecular formula is C25H23F2NO3. The molecule has 3 atom stereocenters. The van der Waals surface area contributed by atoms with Gasteiger partial charge < -0.3 is 15.1 Å². The van der Waals surface area contributed by atoms with Gasteiger partial charge in [0, 0.05) is 12.1 Å². The van der Waals surface area contributed by atoms with Crippen LogP contribution in [0.25, 0.3) is 0 Å². The molecule has 3 aromatic carbocycles. The zero-order valence-electron chi connectivity index (χ0n) is 16.8. The van der Waals surface area contributed by atoms with Crippen LogP contribution < -0.4 is 4.90 Å². The highest BCUT2D eigenvalue weighted by Crippen LogP contribution is 2.44. The third kappa shape index (κ3) is 4.59. The molecule has 3 aromatic rings. The number of halogens is 2. The van der Waals surface area contributed by atoms with Crippen LogP contribution in [0, 0.1) is 17.6 Å². The summed E-state index contributed by atoms with van der Waals surface area (Å²) in [4.78, 5) is 14.6. The first-order valence-electron chi connectivity index (χ1n) is 10.2. The molecule has 1 saturated heterocycles. The average molecular weight is 423 g/mol. The highest BCUT2D eigenvalue weighted by molar-refractivity contribution is 5.96. The third-order valence-electron chi connectivity index (χ3n) is 5.84. The Morgan fingerprint density at radius 1 is 0.903 bits per heavy atom. The van der Waals surface area contributed by atoms with Gasteiger partial charge in [-0.15, -0.1) is 0 Å². The molecule has 1 heterocycles. The van der Waals surface area contributed by atoms with E-state index < -0.39 is 6.10 Å². The fourth-order valence-electron chi connectivity index (χ4n) is 4.28. The van der Waals surface area contributed by atoms with Crippen molar-refractivity contribution in [3.63, 3.8) is 0 Å². The molecule has 0 bridgehead atoms. The van der Waals surface area contributed by atoms with Crippen LogP contribution in [0.5, 0.6) is 5.75 Å². The van der Waals surface area contributed by atoms with E-state index in [2.05, 4.69) is 0 Å². The summed E-state index contributed by atoms with van der Waals surface area (Å²) < 4.78 is 26.6. The Labute approximate surface area is 179 Å². The second-order valence-corrected chi connectivity index (χ2v) is 7.89. The highest BCUT2D eigenvalue weighted by atomic mass is 19.1. The first-order chi connectivity index (χ1) is 14.9. The zero-order chi connectivity index (χ0) is 22.0. The lowest BCUT2D eigenvalue weighted by atomic mass is 9.88. The Hall–Kier alpha value is -3.25. The summed E-state index contributed by atoms with van der Waals surface area (Å²) >= 11 is 0. The molecule has 1 amide bonds. The summed E-state index contributed by atoms with van der Waals surface area (Å²) in [6, 6.07) is 17.9. The maximum Gasteiger partial charge on any atom is 0.227 e. The third-order valence-corrected chi connectivity index (χ3v) is 5.84. The van der Waals surface area contributed by atoms with Crippen LogP contribution in [0.2, 0.25) is 0 Å². The van der Waals surface area contributed by atoms with Crippen LogP contribution in [-0.4, -0.2) is 16.1 Å². The predicted molar refractivity (Wildman–Crippen MR) is 113 cm³/mol. The summed E-state index contributed by atoms with van der Waals surface area (Å²) in [7, 11) is 0. The van der Waals surface area contributed by atoms with Crippen LogP contribution >= 0.6 is 0 Å². The number of nitrogens with zero attached hydrogens (tertiary/aromatic N) is 1. The number of anilines is 1. The van der Waals surface area contributed by atoms with Gasteiger partial charge in [0.1, 0.15) is 17.4 Å². The smallest absolute Gasteiger partial charge is 0.227 e. The van der Waals surface area contributed by atoms with Gasteiger partial charge in [0.05, 0.1) is 12.1 Å². The van der Waals surface area contributed by atoms with Gasteiger partial charge in [-0.3, -0.25) is 4.79 Å². The van der Waals surface area contributed by atoms with Crippen LogP contribution in [-0.2, 0) is 4.79 Å². The lowest BCUT2D eigenvalue weighted by Gasteiger charge is -2.29. The molecule has 31 heavy (non-hydrogen) atoms. The van der Waals surface area contributed by atoms with Crippen molar-refractivity contribution in [3.8, 4) is 5.75 Å². The Balaban J connectivity index is 1.59. The Bertz CT molecular complexity index is 1040. The lowest BCUT2D eigenvalue weighted by molar-refractivity contribution is -0.117. The molecule has 0 spiro atoms. The maximum atomic E-state index is 13.4. The fourth-order valence-corrected chi connectivity index (χ4v) is 4.28. The van der Waals surface area contributed by atoms with E-state index in [9.17, 15) is 23.8 Å². The Morgan fingerprint density at radius 3 is 2.10 bits per heavy atom. The minimum atomic E-state index is -0.768. The van der Waals surface area contributed by atoms with Gasteiger partial charge in [-0.1, -0.05) is 24.3 Å². The Morgan fingerprint density at radius 2 is 1.48 bits per heavy atom. The summed E-state index contributed by atoms with van der Waals surface area (Å²) in [5, 5.41) is 20.2. The first-order valence-corrected chi connectivity index (χ1v) is 10.2. The van der Waals surface area contributed by atoms with E-state index in [0.717, 1.165) is 5.56 Å². The molecule has 1 aliphatic heterocycles. The van der Waals surface area contributed by atoms with E-state index in [-0.39, 0.29) is 35.3 Å². The minimum Gasteiger partial charge on any atom is -0.508 e. The summed E-state index contributed by atoms with van der Waals surface area (Å²) in [6.45, 7) is 0. The van der Waals surface area contributed by atoms with Crippen molar-refractivity contribution in [1.29, 1.82) is 0 Å². The number of carbonyl (C=O) groups is 1. The van der Waals surface area contributed by atoms with Crippen molar-refractivity contribution in [2.45, 2.75) is 31.4 Å². The predicted octanol–water partition coefficient (Wildman–Crippen LogP) is 5.28. The molecular weight excluding hydrogens is 400 g/mol. The highest BCUT2D eigenvalue weighted by Gasteiger charge is 2.41. The summed E-state index contributed by atoms with van der Waals surface area (Å²) in [5.74, 6) is -0.775. The van der Waals surface area contributed by atoms with Crippen molar-refractivity contribution in [2.75, 3.05) is 4.90 Å². The van der Waals surface area contributed by atoms with Crippen molar-refractivity contribution >= 4 is 11.6 Å². The average Bonchev–Trinajstić information content (AvgIpc) is 3.09. The number of rotatable bonds is 6. The van der Waals surface area contributed by atoms with E-state index in [1.165, 1.54) is 24.3 Å². The fraction of sp³-hybridized carbons (Fsp3) is 0.240. The molecule has 0 saturated carbocycles. The van der Waals surface area contributed by atoms with Gasteiger partial charge in [-0.2, -0.15) is 0 Å². The molecule has 1 fully saturated rings. The first kappa shape index (κ1) is 21.0. The number of phenols is 1. The number of aliphatic hydroxyl groups is 1. The summed E-state index contributed by atoms with van der Waals surface area (Å²) in [5.41, 5.74) is 2.09. The number of phenolic OH excluding ortho intramolecular Hbond substituents is 1. The second kappa shape index (κ2) is 8.86. The summed E-state index contributed by atoms with van der Waals surface area (Å²) in [6.07, 6.45) is 0.498. The lowest BCUT2D eigenvalue weighted by Crippen LogP contribution is -2.28. The number of carbonyl (C=O) groups excluding carboxylic acids is 1. The quantitative estimate of drug-likeness (QED) is 0.567. The van der Waals surface area contributed by atoms with Crippen molar-refractivity contribution < 1.29 is 23.8 Å². The molecule has 4 rings (SSSR count). The Kier molecular flexibility index (Phi) is 6.00. The number of hydrogen-bond acceptors (Lipinski definition) is 3. The topological polar surface area (TPSA) is 60.8 Å². The van der Waals surface area contributed by atoms with Crippen LogP contribution in [0.3, 0.4) is 0 Å². The SMILES string of the molecule is O=C1CC(CCC(O)c2ccc(F)cc2)C(c2ccc(O)cc2)N1c1ccc(F)cc1. The molecule has 1 aliphatic rings. The van der Waals surface area contributed by atoms with Gasteiger partial charge >= 0.3 is 0 Å². The van der Waals surface area contributed by atoms with Gasteiger partial charge in [-0.25, -0.2) is 8.78 Å². The zero-order valence-corrected chi connectivity index (χ0v) is 16.8. The van der Waals surface area contributed by atoms with Crippen LogP contribution in [0.4, 0.5) is 14.5 Å². The normalized spacial score (nSPS) is 19.6. The molecule has 0 aromatic heterocycles. The van der Waals surface area contributed by atoms with E-state index in [1.807, 2.05) is 0 Å². The monoisotopic (exact) mass is 423 g/mol. The van der Waals surface area contributed by atoms with Crippen molar-refractivity contribution in [3.05, 3.63) is 95.6 Å². The number of benzene rings is 3. The van der Waals surface area contributed by atoms with E-state index in [4.69, 9.17) is 0 Å². The molecule has 160 valence electrons. The molecule has 2 N–H and O–H groups in total. The van der Waals surface area contributed by atoms with Crippen LogP contribution in [0.15, 0.2) is 72.8 Å². The van der Waals surface area contributed by atoms with Gasteiger partial charge in [0.25, 0.3) is 0 Å². The maximum absolute atomic E-state index is 13.4.